The molecule has 5 heteroatoms. The van der Waals surface area contributed by atoms with Crippen LogP contribution in [0, 0.1) is 10.2 Å². The van der Waals surface area contributed by atoms with E-state index < -0.39 is 0 Å². The lowest BCUT2D eigenvalue weighted by atomic mass is 9.75. The van der Waals surface area contributed by atoms with E-state index in [1.54, 1.807) is 0 Å². The van der Waals surface area contributed by atoms with Crippen molar-refractivity contribution in [1.29, 1.82) is 0 Å². The molecule has 2 heterocycles. The first-order chi connectivity index (χ1) is 9.43. The number of aryl methyl sites for hydroxylation is 2. The van der Waals surface area contributed by atoms with Crippen molar-refractivity contribution in [3.63, 3.8) is 0 Å². The molecule has 0 bridgehead atoms. The number of rotatable bonds is 2. The van der Waals surface area contributed by atoms with Gasteiger partial charge in [-0.15, -0.1) is 0 Å². The summed E-state index contributed by atoms with van der Waals surface area (Å²) in [5.74, 6) is 0. The van der Waals surface area contributed by atoms with Gasteiger partial charge in [0, 0.05) is 13.1 Å². The molecule has 1 aliphatic rings. The summed E-state index contributed by atoms with van der Waals surface area (Å²) in [5, 5.41) is 4.62. The van der Waals surface area contributed by atoms with Crippen molar-refractivity contribution in [3.05, 3.63) is 10.5 Å². The van der Waals surface area contributed by atoms with E-state index in [1.807, 2.05) is 11.7 Å². The number of nitrogens with one attached hydrogen (secondary N) is 1. The molecule has 20 heavy (non-hydrogen) atoms. The van der Waals surface area contributed by atoms with Gasteiger partial charge in [-0.05, 0) is 43.3 Å². The molecular weight excluding hydrogens is 268 g/mol. The lowest BCUT2D eigenvalue weighted by Crippen LogP contribution is -2.25. The maximum Gasteiger partial charge on any atom is 0.179 e. The summed E-state index contributed by atoms with van der Waals surface area (Å²) in [7, 11) is 2.02. The van der Waals surface area contributed by atoms with Crippen LogP contribution in [0.25, 0.3) is 11.2 Å². The maximum atomic E-state index is 5.60. The second-order valence-corrected chi connectivity index (χ2v) is 7.22. The van der Waals surface area contributed by atoms with Crippen LogP contribution >= 0.6 is 12.2 Å². The number of H-pyrrole nitrogens is 1. The van der Waals surface area contributed by atoms with Gasteiger partial charge in [-0.2, -0.15) is 5.10 Å². The van der Waals surface area contributed by atoms with Crippen LogP contribution in [-0.4, -0.2) is 19.3 Å². The lowest BCUT2D eigenvalue weighted by molar-refractivity contribution is 0.184. The van der Waals surface area contributed by atoms with Crippen molar-refractivity contribution >= 4 is 23.4 Å². The molecule has 2 aromatic heterocycles. The summed E-state index contributed by atoms with van der Waals surface area (Å²) in [6, 6.07) is 0.500. The summed E-state index contributed by atoms with van der Waals surface area (Å²) in [5.41, 5.74) is 3.81. The predicted molar refractivity (Wildman–Crippen MR) is 84.6 cm³/mol. The zero-order valence-corrected chi connectivity index (χ0v) is 13.7. The number of imidazole rings is 1. The second-order valence-electron chi connectivity index (χ2n) is 6.84. The molecule has 1 fully saturated rings. The Balaban J connectivity index is 2.14. The van der Waals surface area contributed by atoms with Gasteiger partial charge >= 0.3 is 0 Å². The number of nitrogens with zero attached hydrogens (tertiary/aromatic N) is 3. The largest absolute Gasteiger partial charge is 0.328 e. The van der Waals surface area contributed by atoms with Crippen LogP contribution in [0.15, 0.2) is 0 Å². The molecule has 1 atom stereocenters. The fourth-order valence-corrected chi connectivity index (χ4v) is 4.04. The molecule has 0 amide bonds. The molecule has 0 saturated heterocycles. The van der Waals surface area contributed by atoms with Gasteiger partial charge in [-0.3, -0.25) is 9.25 Å². The minimum absolute atomic E-state index is 0.410. The van der Waals surface area contributed by atoms with Crippen molar-refractivity contribution in [3.8, 4) is 0 Å². The normalized spacial score (nSPS) is 22.5. The molecule has 1 saturated carbocycles. The van der Waals surface area contributed by atoms with Crippen molar-refractivity contribution in [2.45, 2.75) is 58.9 Å². The Kier molecular flexibility index (Phi) is 3.27. The third-order valence-corrected chi connectivity index (χ3v) is 4.95. The number of aromatic nitrogens is 4. The average molecular weight is 292 g/mol. The zero-order chi connectivity index (χ0) is 14.5. The summed E-state index contributed by atoms with van der Waals surface area (Å²) < 4.78 is 5.16. The van der Waals surface area contributed by atoms with Crippen LogP contribution in [0.5, 0.6) is 0 Å². The van der Waals surface area contributed by atoms with Crippen LogP contribution in [-0.2, 0) is 13.5 Å². The molecule has 0 spiro atoms. The lowest BCUT2D eigenvalue weighted by Gasteiger charge is -2.35. The molecule has 0 radical (unpaired) electrons. The molecule has 110 valence electrons. The highest BCUT2D eigenvalue weighted by Gasteiger charge is 2.31. The van der Waals surface area contributed by atoms with E-state index in [4.69, 9.17) is 12.2 Å². The van der Waals surface area contributed by atoms with Crippen molar-refractivity contribution in [2.75, 3.05) is 0 Å². The quantitative estimate of drug-likeness (QED) is 0.845. The van der Waals surface area contributed by atoms with Crippen LogP contribution in [0.1, 0.15) is 58.2 Å². The standard InChI is InChI=1S/C15H24N4S/c1-5-11-12-13(18(4)17-11)19(14(20)16-12)10-7-6-8-15(2,3)9-10/h10H,5-9H2,1-4H3,(H,16,20). The number of aromatic amines is 1. The first-order valence-corrected chi connectivity index (χ1v) is 8.00. The average Bonchev–Trinajstić information content (AvgIpc) is 2.85. The Hall–Kier alpha value is -1.10. The van der Waals surface area contributed by atoms with Crippen LogP contribution in [0.2, 0.25) is 0 Å². The van der Waals surface area contributed by atoms with Crippen molar-refractivity contribution < 1.29 is 0 Å². The molecule has 0 aliphatic heterocycles. The first kappa shape index (κ1) is 13.9. The topological polar surface area (TPSA) is 38.5 Å². The molecular formula is C15H24N4S. The molecule has 2 aromatic rings. The highest BCUT2D eigenvalue weighted by Crippen LogP contribution is 2.42. The SMILES string of the molecule is CCc1nn(C)c2c1[nH]c(=S)n2C1CCCC(C)(C)C1. The monoisotopic (exact) mass is 292 g/mol. The Morgan fingerprint density at radius 1 is 1.45 bits per heavy atom. The van der Waals surface area contributed by atoms with Gasteiger partial charge in [0.2, 0.25) is 0 Å². The zero-order valence-electron chi connectivity index (χ0n) is 12.9. The minimum Gasteiger partial charge on any atom is -0.328 e. The highest BCUT2D eigenvalue weighted by molar-refractivity contribution is 7.71. The smallest absolute Gasteiger partial charge is 0.179 e. The summed E-state index contributed by atoms with van der Waals surface area (Å²) >= 11 is 5.60. The second kappa shape index (κ2) is 4.72. The van der Waals surface area contributed by atoms with Crippen LogP contribution < -0.4 is 0 Å². The molecule has 4 nitrogen and oxygen atoms in total. The van der Waals surface area contributed by atoms with Crippen molar-refractivity contribution in [2.24, 2.45) is 12.5 Å². The Morgan fingerprint density at radius 3 is 2.85 bits per heavy atom. The van der Waals surface area contributed by atoms with Gasteiger partial charge in [-0.1, -0.05) is 27.2 Å². The number of fused-ring (bicyclic) bond motifs is 1. The minimum atomic E-state index is 0.410. The van der Waals surface area contributed by atoms with E-state index in [9.17, 15) is 0 Å². The Bertz CT molecular complexity index is 689. The first-order valence-electron chi connectivity index (χ1n) is 7.59. The summed E-state index contributed by atoms with van der Waals surface area (Å²) in [4.78, 5) is 3.39. The van der Waals surface area contributed by atoms with Gasteiger partial charge in [-0.25, -0.2) is 0 Å². The van der Waals surface area contributed by atoms with Gasteiger partial charge in [0.05, 0.1) is 5.69 Å². The molecule has 1 unspecified atom stereocenters. The van der Waals surface area contributed by atoms with E-state index in [1.165, 1.54) is 25.7 Å². The highest BCUT2D eigenvalue weighted by atomic mass is 32.1. The third-order valence-electron chi connectivity index (χ3n) is 4.65. The summed E-state index contributed by atoms with van der Waals surface area (Å²) in [6.45, 7) is 6.88. The van der Waals surface area contributed by atoms with E-state index in [-0.39, 0.29) is 0 Å². The van der Waals surface area contributed by atoms with Crippen LogP contribution in [0.4, 0.5) is 0 Å². The summed E-state index contributed by atoms with van der Waals surface area (Å²) in [6.07, 6.45) is 5.95. The molecule has 3 rings (SSSR count). The maximum absolute atomic E-state index is 5.60. The molecule has 1 N–H and O–H groups in total. The third kappa shape index (κ3) is 2.12. The van der Waals surface area contributed by atoms with Crippen molar-refractivity contribution in [1.82, 2.24) is 19.3 Å². The Labute approximate surface area is 125 Å². The van der Waals surface area contributed by atoms with E-state index in [2.05, 4.69) is 35.4 Å². The fraction of sp³-hybridized carbons (Fsp3) is 0.733. The van der Waals surface area contributed by atoms with Crippen LogP contribution in [0.3, 0.4) is 0 Å². The molecule has 1 aliphatic carbocycles. The van der Waals surface area contributed by atoms with E-state index in [0.29, 0.717) is 11.5 Å². The van der Waals surface area contributed by atoms with Gasteiger partial charge in [0.25, 0.3) is 0 Å². The number of hydrogen-bond acceptors (Lipinski definition) is 2. The van der Waals surface area contributed by atoms with Gasteiger partial charge in [0.1, 0.15) is 5.52 Å². The van der Waals surface area contributed by atoms with E-state index in [0.717, 1.165) is 28.0 Å². The predicted octanol–water partition coefficient (Wildman–Crippen LogP) is 4.14. The fourth-order valence-electron chi connectivity index (χ4n) is 3.70. The van der Waals surface area contributed by atoms with Gasteiger partial charge < -0.3 is 4.98 Å². The Morgan fingerprint density at radius 2 is 2.20 bits per heavy atom. The van der Waals surface area contributed by atoms with E-state index >= 15 is 0 Å². The number of hydrogen-bond donors (Lipinski definition) is 1. The van der Waals surface area contributed by atoms with Gasteiger partial charge in [0.15, 0.2) is 10.4 Å². The molecule has 0 aromatic carbocycles.